The van der Waals surface area contributed by atoms with Crippen LogP contribution in [-0.4, -0.2) is 13.3 Å². The van der Waals surface area contributed by atoms with E-state index in [2.05, 4.69) is 16.1 Å². The molecule has 0 saturated carbocycles. The summed E-state index contributed by atoms with van der Waals surface area (Å²) in [6, 6.07) is 8.65. The molecule has 1 aromatic rings. The van der Waals surface area contributed by atoms with Crippen LogP contribution in [0, 0.1) is 6.07 Å². The summed E-state index contributed by atoms with van der Waals surface area (Å²) in [6.45, 7) is 0.464. The van der Waals surface area contributed by atoms with Crippen LogP contribution in [0.25, 0.3) is 0 Å². The summed E-state index contributed by atoms with van der Waals surface area (Å²) in [6.07, 6.45) is 1.62. The third-order valence-electron chi connectivity index (χ3n) is 1.48. The highest BCUT2D eigenvalue weighted by molar-refractivity contribution is 5.81. The van der Waals surface area contributed by atoms with Crippen molar-refractivity contribution >= 4 is 6.21 Å². The highest BCUT2D eigenvalue weighted by Crippen LogP contribution is 2.03. The quantitative estimate of drug-likeness (QED) is 0.532. The van der Waals surface area contributed by atoms with Crippen molar-refractivity contribution in [3.05, 3.63) is 35.4 Å². The molecule has 0 aliphatic rings. The standard InChI is InChI=1S/C9H11N2O/c1-12-11-7-9-5-3-2-4-8(9)6-10/h2-3,5,7H,6,10H2,1H3. The summed E-state index contributed by atoms with van der Waals surface area (Å²) in [4.78, 5) is 4.56. The summed E-state index contributed by atoms with van der Waals surface area (Å²) < 4.78 is 0. The largest absolute Gasteiger partial charge is 0.399 e. The van der Waals surface area contributed by atoms with Gasteiger partial charge in [0.1, 0.15) is 7.11 Å². The minimum absolute atomic E-state index is 0.464. The molecule has 0 heterocycles. The van der Waals surface area contributed by atoms with E-state index in [1.165, 1.54) is 7.11 Å². The Morgan fingerprint density at radius 2 is 2.58 bits per heavy atom. The second kappa shape index (κ2) is 4.51. The van der Waals surface area contributed by atoms with E-state index in [4.69, 9.17) is 5.73 Å². The van der Waals surface area contributed by atoms with E-state index >= 15 is 0 Å². The van der Waals surface area contributed by atoms with E-state index in [9.17, 15) is 0 Å². The Balaban J connectivity index is 2.89. The SMILES string of the molecule is CON=Cc1ccc[c]c1CN. The second-order valence-corrected chi connectivity index (χ2v) is 2.23. The predicted molar refractivity (Wildman–Crippen MR) is 47.8 cm³/mol. The zero-order valence-electron chi connectivity index (χ0n) is 6.95. The van der Waals surface area contributed by atoms with E-state index < -0.39 is 0 Å². The molecule has 1 rings (SSSR count). The third-order valence-corrected chi connectivity index (χ3v) is 1.48. The Morgan fingerprint density at radius 1 is 1.75 bits per heavy atom. The molecule has 0 spiro atoms. The van der Waals surface area contributed by atoms with Gasteiger partial charge in [0.2, 0.25) is 0 Å². The average molecular weight is 163 g/mol. The number of nitrogens with zero attached hydrogens (tertiary/aromatic N) is 1. The molecule has 2 N–H and O–H groups in total. The van der Waals surface area contributed by atoms with Crippen LogP contribution >= 0.6 is 0 Å². The van der Waals surface area contributed by atoms with Crippen LogP contribution in [0.3, 0.4) is 0 Å². The number of nitrogens with two attached hydrogens (primary N) is 1. The van der Waals surface area contributed by atoms with Gasteiger partial charge in [0, 0.05) is 12.1 Å². The predicted octanol–water partition coefficient (Wildman–Crippen LogP) is 0.926. The second-order valence-electron chi connectivity index (χ2n) is 2.23. The van der Waals surface area contributed by atoms with Gasteiger partial charge < -0.3 is 10.6 Å². The van der Waals surface area contributed by atoms with Gasteiger partial charge in [0.15, 0.2) is 0 Å². The van der Waals surface area contributed by atoms with Crippen molar-refractivity contribution in [2.24, 2.45) is 10.9 Å². The van der Waals surface area contributed by atoms with Crippen molar-refractivity contribution in [3.63, 3.8) is 0 Å². The Bertz CT molecular complexity index is 271. The molecule has 3 heteroatoms. The highest BCUT2D eigenvalue weighted by Gasteiger charge is 1.95. The molecular weight excluding hydrogens is 152 g/mol. The van der Waals surface area contributed by atoms with Gasteiger partial charge in [-0.15, -0.1) is 0 Å². The van der Waals surface area contributed by atoms with E-state index in [1.807, 2.05) is 18.2 Å². The van der Waals surface area contributed by atoms with Crippen LogP contribution in [0.1, 0.15) is 11.1 Å². The maximum atomic E-state index is 5.49. The first-order valence-electron chi connectivity index (χ1n) is 3.64. The lowest BCUT2D eigenvalue weighted by atomic mass is 10.1. The molecule has 0 unspecified atom stereocenters. The number of hydrogen-bond acceptors (Lipinski definition) is 3. The minimum Gasteiger partial charge on any atom is -0.399 e. The molecule has 1 aromatic carbocycles. The minimum atomic E-state index is 0.464. The molecule has 0 saturated heterocycles. The zero-order valence-corrected chi connectivity index (χ0v) is 6.95. The fourth-order valence-corrected chi connectivity index (χ4v) is 0.892. The van der Waals surface area contributed by atoms with Crippen LogP contribution < -0.4 is 5.73 Å². The lowest BCUT2D eigenvalue weighted by Crippen LogP contribution is -2.00. The van der Waals surface area contributed by atoms with Crippen molar-refractivity contribution in [2.75, 3.05) is 7.11 Å². The Kier molecular flexibility index (Phi) is 3.29. The number of rotatable bonds is 3. The van der Waals surface area contributed by atoms with Crippen molar-refractivity contribution in [1.82, 2.24) is 0 Å². The zero-order chi connectivity index (χ0) is 8.81. The molecule has 0 atom stereocenters. The molecule has 0 aliphatic carbocycles. The molecular formula is C9H11N2O. The van der Waals surface area contributed by atoms with Gasteiger partial charge in [0.25, 0.3) is 0 Å². The summed E-state index contributed by atoms with van der Waals surface area (Å²) in [7, 11) is 1.51. The first-order chi connectivity index (χ1) is 5.88. The van der Waals surface area contributed by atoms with Crippen LogP contribution in [0.4, 0.5) is 0 Å². The van der Waals surface area contributed by atoms with Gasteiger partial charge in [-0.2, -0.15) is 0 Å². The normalized spacial score (nSPS) is 10.5. The van der Waals surface area contributed by atoms with E-state index in [0.29, 0.717) is 6.54 Å². The fourth-order valence-electron chi connectivity index (χ4n) is 0.892. The van der Waals surface area contributed by atoms with Gasteiger partial charge in [-0.05, 0) is 11.6 Å². The van der Waals surface area contributed by atoms with Crippen molar-refractivity contribution in [3.8, 4) is 0 Å². The number of benzene rings is 1. The van der Waals surface area contributed by atoms with Crippen molar-refractivity contribution in [2.45, 2.75) is 6.54 Å². The van der Waals surface area contributed by atoms with E-state index in [-0.39, 0.29) is 0 Å². The van der Waals surface area contributed by atoms with Gasteiger partial charge >= 0.3 is 0 Å². The highest BCUT2D eigenvalue weighted by atomic mass is 16.6. The first-order valence-corrected chi connectivity index (χ1v) is 3.64. The molecule has 0 aliphatic heterocycles. The topological polar surface area (TPSA) is 47.6 Å². The molecule has 0 bridgehead atoms. The summed E-state index contributed by atoms with van der Waals surface area (Å²) in [5, 5.41) is 3.65. The first kappa shape index (κ1) is 8.74. The Morgan fingerprint density at radius 3 is 3.25 bits per heavy atom. The van der Waals surface area contributed by atoms with Gasteiger partial charge in [-0.1, -0.05) is 23.4 Å². The van der Waals surface area contributed by atoms with E-state index in [0.717, 1.165) is 11.1 Å². The molecule has 0 fully saturated rings. The Labute approximate surface area is 71.8 Å². The lowest BCUT2D eigenvalue weighted by Gasteiger charge is -1.99. The van der Waals surface area contributed by atoms with Crippen LogP contribution in [0.5, 0.6) is 0 Å². The van der Waals surface area contributed by atoms with Crippen molar-refractivity contribution < 1.29 is 4.84 Å². The smallest absolute Gasteiger partial charge is 0.106 e. The monoisotopic (exact) mass is 163 g/mol. The van der Waals surface area contributed by atoms with Gasteiger partial charge in [0.05, 0.1) is 6.21 Å². The van der Waals surface area contributed by atoms with Crippen LogP contribution in [0.2, 0.25) is 0 Å². The summed E-state index contributed by atoms with van der Waals surface area (Å²) >= 11 is 0. The fraction of sp³-hybridized carbons (Fsp3) is 0.222. The van der Waals surface area contributed by atoms with Crippen molar-refractivity contribution in [1.29, 1.82) is 0 Å². The van der Waals surface area contributed by atoms with E-state index in [1.54, 1.807) is 6.21 Å². The number of oxime groups is 1. The average Bonchev–Trinajstić information content (AvgIpc) is 2.15. The molecule has 1 radical (unpaired) electrons. The summed E-state index contributed by atoms with van der Waals surface area (Å²) in [5.41, 5.74) is 7.38. The van der Waals surface area contributed by atoms with Crippen LogP contribution in [0.15, 0.2) is 23.4 Å². The molecule has 3 nitrogen and oxygen atoms in total. The molecule has 0 aromatic heterocycles. The van der Waals surface area contributed by atoms with Gasteiger partial charge in [-0.3, -0.25) is 0 Å². The maximum absolute atomic E-state index is 5.49. The molecule has 12 heavy (non-hydrogen) atoms. The van der Waals surface area contributed by atoms with Gasteiger partial charge in [-0.25, -0.2) is 0 Å². The molecule has 63 valence electrons. The molecule has 0 amide bonds. The number of hydrogen-bond donors (Lipinski definition) is 1. The van der Waals surface area contributed by atoms with Crippen LogP contribution in [-0.2, 0) is 11.4 Å². The summed E-state index contributed by atoms with van der Waals surface area (Å²) in [5.74, 6) is 0. The third kappa shape index (κ3) is 2.07. The lowest BCUT2D eigenvalue weighted by molar-refractivity contribution is 0.215. The Hall–Kier alpha value is -1.35. The maximum Gasteiger partial charge on any atom is 0.106 e.